The van der Waals surface area contributed by atoms with E-state index in [-0.39, 0.29) is 0 Å². The van der Waals surface area contributed by atoms with Crippen molar-refractivity contribution in [2.75, 3.05) is 5.73 Å². The van der Waals surface area contributed by atoms with Crippen LogP contribution in [-0.4, -0.2) is 5.16 Å². The minimum atomic E-state index is 0.383. The molecule has 0 aliphatic rings. The van der Waals surface area contributed by atoms with Crippen LogP contribution in [0.15, 0.2) is 22.9 Å². The lowest BCUT2D eigenvalue weighted by Gasteiger charge is -2.13. The van der Waals surface area contributed by atoms with E-state index in [1.807, 2.05) is 0 Å². The first-order chi connectivity index (χ1) is 8.00. The molecule has 0 spiro atoms. The van der Waals surface area contributed by atoms with Crippen LogP contribution in [0.4, 0.5) is 5.88 Å². The topological polar surface area (TPSA) is 52.0 Å². The molecule has 0 unspecified atom stereocenters. The molecule has 0 aliphatic heterocycles. The molecule has 1 aromatic heterocycles. The zero-order valence-corrected chi connectivity index (χ0v) is 10.7. The lowest BCUT2D eigenvalue weighted by Crippen LogP contribution is -1.95. The van der Waals surface area contributed by atoms with Gasteiger partial charge < -0.3 is 10.3 Å². The number of nitrogens with zero attached hydrogens (tertiary/aromatic N) is 1. The average Bonchev–Trinajstić information content (AvgIpc) is 2.68. The van der Waals surface area contributed by atoms with Gasteiger partial charge in [-0.3, -0.25) is 0 Å². The average molecular weight is 230 g/mol. The van der Waals surface area contributed by atoms with Crippen LogP contribution in [0.2, 0.25) is 0 Å². The molecular formula is C14H18N2O. The summed E-state index contributed by atoms with van der Waals surface area (Å²) in [6.45, 7) is 8.59. The van der Waals surface area contributed by atoms with Crippen molar-refractivity contribution >= 4 is 5.88 Å². The molecule has 0 bridgehead atoms. The molecule has 2 rings (SSSR count). The molecule has 2 aromatic rings. The second-order valence-corrected chi connectivity index (χ2v) is 4.77. The van der Waals surface area contributed by atoms with E-state index in [4.69, 9.17) is 10.3 Å². The molecule has 0 atom stereocenters. The van der Waals surface area contributed by atoms with Gasteiger partial charge in [0.05, 0.1) is 11.8 Å². The van der Waals surface area contributed by atoms with Gasteiger partial charge in [-0.25, -0.2) is 0 Å². The minimum absolute atomic E-state index is 0.383. The van der Waals surface area contributed by atoms with Gasteiger partial charge in [0.15, 0.2) is 0 Å². The quantitative estimate of drug-likeness (QED) is 0.856. The summed E-state index contributed by atoms with van der Waals surface area (Å²) in [5.74, 6) is 0.877. The summed E-state index contributed by atoms with van der Waals surface area (Å²) in [6, 6.07) is 4.41. The molecular weight excluding hydrogens is 212 g/mol. The van der Waals surface area contributed by atoms with E-state index >= 15 is 0 Å². The zero-order valence-electron chi connectivity index (χ0n) is 10.7. The first-order valence-corrected chi connectivity index (χ1v) is 5.82. The third kappa shape index (κ3) is 2.05. The Morgan fingerprint density at radius 2 is 1.88 bits per heavy atom. The van der Waals surface area contributed by atoms with Crippen LogP contribution >= 0.6 is 0 Å². The van der Waals surface area contributed by atoms with E-state index in [2.05, 4.69) is 45.0 Å². The highest BCUT2D eigenvalue weighted by molar-refractivity contribution is 5.76. The van der Waals surface area contributed by atoms with Gasteiger partial charge in [0, 0.05) is 0 Å². The normalized spacial score (nSPS) is 11.1. The molecule has 0 saturated heterocycles. The van der Waals surface area contributed by atoms with Crippen LogP contribution in [0, 0.1) is 13.8 Å². The Balaban J connectivity index is 2.65. The van der Waals surface area contributed by atoms with E-state index in [0.29, 0.717) is 11.8 Å². The monoisotopic (exact) mass is 230 g/mol. The van der Waals surface area contributed by atoms with E-state index in [9.17, 15) is 0 Å². The van der Waals surface area contributed by atoms with Crippen LogP contribution in [0.5, 0.6) is 0 Å². The van der Waals surface area contributed by atoms with Crippen LogP contribution in [0.25, 0.3) is 11.1 Å². The lowest BCUT2D eigenvalue weighted by atomic mass is 9.91. The molecule has 0 saturated carbocycles. The van der Waals surface area contributed by atoms with E-state index < -0.39 is 0 Å². The van der Waals surface area contributed by atoms with Crippen LogP contribution in [0.1, 0.15) is 36.5 Å². The van der Waals surface area contributed by atoms with Crippen molar-refractivity contribution in [1.29, 1.82) is 0 Å². The maximum atomic E-state index is 5.79. The smallest absolute Gasteiger partial charge is 0.229 e. The van der Waals surface area contributed by atoms with Gasteiger partial charge in [-0.15, -0.1) is 0 Å². The molecule has 1 heterocycles. The fraction of sp³-hybridized carbons (Fsp3) is 0.357. The Morgan fingerprint density at radius 1 is 1.18 bits per heavy atom. The fourth-order valence-electron chi connectivity index (χ4n) is 1.95. The molecule has 2 N–H and O–H groups in total. The molecule has 90 valence electrons. The van der Waals surface area contributed by atoms with Crippen molar-refractivity contribution in [2.24, 2.45) is 0 Å². The van der Waals surface area contributed by atoms with E-state index in [1.165, 1.54) is 16.7 Å². The van der Waals surface area contributed by atoms with Crippen LogP contribution in [0.3, 0.4) is 0 Å². The minimum Gasteiger partial charge on any atom is -0.367 e. The van der Waals surface area contributed by atoms with Gasteiger partial charge >= 0.3 is 0 Å². The van der Waals surface area contributed by atoms with E-state index in [1.54, 1.807) is 6.20 Å². The van der Waals surface area contributed by atoms with Crippen molar-refractivity contribution in [1.82, 2.24) is 5.16 Å². The SMILES string of the molecule is Cc1cc(C(C)C)cc(-c2cnoc2N)c1C. The van der Waals surface area contributed by atoms with Gasteiger partial charge in [0.2, 0.25) is 5.88 Å². The number of benzene rings is 1. The number of aryl methyl sites for hydroxylation is 1. The molecule has 0 amide bonds. The number of hydrogen-bond donors (Lipinski definition) is 1. The van der Waals surface area contributed by atoms with Crippen molar-refractivity contribution in [2.45, 2.75) is 33.6 Å². The van der Waals surface area contributed by atoms with Crippen molar-refractivity contribution < 1.29 is 4.52 Å². The second-order valence-electron chi connectivity index (χ2n) is 4.77. The van der Waals surface area contributed by atoms with Gasteiger partial charge in [0.25, 0.3) is 0 Å². The lowest BCUT2D eigenvalue weighted by molar-refractivity contribution is 0.436. The number of aromatic nitrogens is 1. The Kier molecular flexibility index (Phi) is 2.92. The zero-order chi connectivity index (χ0) is 12.6. The van der Waals surface area contributed by atoms with Gasteiger partial charge in [-0.05, 0) is 42.0 Å². The van der Waals surface area contributed by atoms with Crippen molar-refractivity contribution in [3.8, 4) is 11.1 Å². The number of nitrogens with two attached hydrogens (primary N) is 1. The summed E-state index contributed by atoms with van der Waals surface area (Å²) in [7, 11) is 0. The third-order valence-corrected chi connectivity index (χ3v) is 3.24. The van der Waals surface area contributed by atoms with Crippen LogP contribution < -0.4 is 5.73 Å². The fourth-order valence-corrected chi connectivity index (χ4v) is 1.95. The number of anilines is 1. The Labute approximate surface area is 102 Å². The summed E-state index contributed by atoms with van der Waals surface area (Å²) < 4.78 is 4.94. The number of rotatable bonds is 2. The van der Waals surface area contributed by atoms with Gasteiger partial charge in [-0.1, -0.05) is 31.1 Å². The highest BCUT2D eigenvalue weighted by Crippen LogP contribution is 2.32. The van der Waals surface area contributed by atoms with E-state index in [0.717, 1.165) is 11.1 Å². The number of hydrogen-bond acceptors (Lipinski definition) is 3. The molecule has 17 heavy (non-hydrogen) atoms. The molecule has 0 aliphatic carbocycles. The summed E-state index contributed by atoms with van der Waals surface area (Å²) >= 11 is 0. The first kappa shape index (κ1) is 11.7. The summed E-state index contributed by atoms with van der Waals surface area (Å²) in [5.41, 5.74) is 11.6. The maximum Gasteiger partial charge on any atom is 0.229 e. The summed E-state index contributed by atoms with van der Waals surface area (Å²) in [6.07, 6.45) is 1.68. The molecule has 3 heteroatoms. The highest BCUT2D eigenvalue weighted by Gasteiger charge is 2.13. The van der Waals surface area contributed by atoms with Crippen molar-refractivity contribution in [3.63, 3.8) is 0 Å². The Morgan fingerprint density at radius 3 is 2.41 bits per heavy atom. The summed E-state index contributed by atoms with van der Waals surface area (Å²) in [4.78, 5) is 0. The standard InChI is InChI=1S/C14H18N2O/c1-8(2)11-5-9(3)10(4)12(6-11)13-7-16-17-14(13)15/h5-8H,15H2,1-4H3. The second kappa shape index (κ2) is 4.24. The van der Waals surface area contributed by atoms with Gasteiger partial charge in [-0.2, -0.15) is 0 Å². The number of nitrogen functional groups attached to an aromatic ring is 1. The molecule has 0 fully saturated rings. The third-order valence-electron chi connectivity index (χ3n) is 3.24. The molecule has 1 aromatic carbocycles. The van der Waals surface area contributed by atoms with Crippen molar-refractivity contribution in [3.05, 3.63) is 35.0 Å². The predicted molar refractivity (Wildman–Crippen MR) is 69.9 cm³/mol. The predicted octanol–water partition coefficient (Wildman–Crippen LogP) is 3.66. The Hall–Kier alpha value is -1.77. The summed E-state index contributed by atoms with van der Waals surface area (Å²) in [5, 5.41) is 3.74. The maximum absolute atomic E-state index is 5.79. The van der Waals surface area contributed by atoms with Gasteiger partial charge in [0.1, 0.15) is 0 Å². The Bertz CT molecular complexity index is 541. The first-order valence-electron chi connectivity index (χ1n) is 5.82. The molecule has 0 radical (unpaired) electrons. The highest BCUT2D eigenvalue weighted by atomic mass is 16.5. The van der Waals surface area contributed by atoms with Crippen LogP contribution in [-0.2, 0) is 0 Å². The molecule has 3 nitrogen and oxygen atoms in total. The largest absolute Gasteiger partial charge is 0.367 e.